The number of carbonyl (C=O) groups excluding carboxylic acids is 1. The molecule has 1 N–H and O–H groups in total. The molecule has 7 nitrogen and oxygen atoms in total. The fourth-order valence-electron chi connectivity index (χ4n) is 3.15. The zero-order valence-electron chi connectivity index (χ0n) is 14.9. The second-order valence-electron chi connectivity index (χ2n) is 6.57. The van der Waals surface area contributed by atoms with Crippen LogP contribution >= 0.6 is 0 Å². The maximum atomic E-state index is 12.4. The van der Waals surface area contributed by atoms with Gasteiger partial charge in [0.2, 0.25) is 5.88 Å². The first-order valence-electron chi connectivity index (χ1n) is 9.14. The number of hydrogen-bond donors (Lipinski definition) is 1. The van der Waals surface area contributed by atoms with Crippen LogP contribution in [0.1, 0.15) is 41.6 Å². The largest absolute Gasteiger partial charge is 0.474 e. The topological polar surface area (TPSA) is 81.9 Å². The summed E-state index contributed by atoms with van der Waals surface area (Å²) >= 11 is 0. The third kappa shape index (κ3) is 4.31. The van der Waals surface area contributed by atoms with E-state index in [1.54, 1.807) is 41.6 Å². The van der Waals surface area contributed by atoms with E-state index >= 15 is 0 Å². The molecular weight excluding hydrogens is 342 g/mol. The van der Waals surface area contributed by atoms with Crippen LogP contribution in [0.2, 0.25) is 0 Å². The Morgan fingerprint density at radius 2 is 2.07 bits per heavy atom. The number of hydrogen-bond acceptors (Lipinski definition) is 5. The first-order chi connectivity index (χ1) is 13.3. The van der Waals surface area contributed by atoms with Crippen LogP contribution in [0.4, 0.5) is 0 Å². The molecule has 0 saturated heterocycles. The molecule has 1 aliphatic rings. The first kappa shape index (κ1) is 17.2. The van der Waals surface area contributed by atoms with E-state index < -0.39 is 0 Å². The third-order valence-corrected chi connectivity index (χ3v) is 4.59. The van der Waals surface area contributed by atoms with Crippen molar-refractivity contribution in [3.63, 3.8) is 0 Å². The molecule has 1 aliphatic carbocycles. The standard InChI is InChI=1S/C20H21N5O2/c26-20(16-6-7-18(22-14-16)25-11-3-9-24-25)23-13-15-8-10-21-19(12-15)27-17-4-1-2-5-17/h3,6-12,14,17H,1-2,4-5,13H2,(H,23,26). The molecule has 27 heavy (non-hydrogen) atoms. The summed E-state index contributed by atoms with van der Waals surface area (Å²) in [6.07, 6.45) is 11.6. The zero-order valence-corrected chi connectivity index (χ0v) is 14.9. The minimum atomic E-state index is -0.176. The molecule has 4 rings (SSSR count). The smallest absolute Gasteiger partial charge is 0.253 e. The van der Waals surface area contributed by atoms with Crippen molar-refractivity contribution >= 4 is 5.91 Å². The molecule has 1 amide bonds. The van der Waals surface area contributed by atoms with Crippen LogP contribution < -0.4 is 10.1 Å². The average Bonchev–Trinajstić information content (AvgIpc) is 3.41. The van der Waals surface area contributed by atoms with Gasteiger partial charge in [-0.25, -0.2) is 14.6 Å². The highest BCUT2D eigenvalue weighted by Crippen LogP contribution is 2.23. The van der Waals surface area contributed by atoms with Gasteiger partial charge in [-0.2, -0.15) is 5.10 Å². The number of rotatable bonds is 6. The van der Waals surface area contributed by atoms with E-state index in [9.17, 15) is 4.79 Å². The number of aromatic nitrogens is 4. The van der Waals surface area contributed by atoms with E-state index in [0.717, 1.165) is 18.4 Å². The molecule has 0 radical (unpaired) electrons. The van der Waals surface area contributed by atoms with Crippen LogP contribution in [-0.4, -0.2) is 31.8 Å². The van der Waals surface area contributed by atoms with Crippen LogP contribution in [-0.2, 0) is 6.54 Å². The molecule has 0 unspecified atom stereocenters. The SMILES string of the molecule is O=C(NCc1ccnc(OC2CCCC2)c1)c1ccc(-n2cccn2)nc1. The quantitative estimate of drug-likeness (QED) is 0.728. The van der Waals surface area contributed by atoms with E-state index in [1.165, 1.54) is 12.8 Å². The van der Waals surface area contributed by atoms with E-state index in [0.29, 0.717) is 23.8 Å². The number of ether oxygens (including phenoxy) is 1. The molecule has 0 aromatic carbocycles. The van der Waals surface area contributed by atoms with E-state index in [-0.39, 0.29) is 12.0 Å². The summed E-state index contributed by atoms with van der Waals surface area (Å²) < 4.78 is 7.56. The highest BCUT2D eigenvalue weighted by atomic mass is 16.5. The second-order valence-corrected chi connectivity index (χ2v) is 6.57. The molecule has 0 bridgehead atoms. The molecule has 138 valence electrons. The summed E-state index contributed by atoms with van der Waals surface area (Å²) in [5.41, 5.74) is 1.45. The van der Waals surface area contributed by atoms with Crippen molar-refractivity contribution in [2.45, 2.75) is 38.3 Å². The lowest BCUT2D eigenvalue weighted by Crippen LogP contribution is -2.23. The van der Waals surface area contributed by atoms with Gasteiger partial charge in [-0.15, -0.1) is 0 Å². The highest BCUT2D eigenvalue weighted by Gasteiger charge is 2.17. The monoisotopic (exact) mass is 363 g/mol. The van der Waals surface area contributed by atoms with Crippen molar-refractivity contribution in [3.05, 3.63) is 66.2 Å². The minimum Gasteiger partial charge on any atom is -0.474 e. The number of nitrogens with one attached hydrogen (secondary N) is 1. The molecule has 0 aliphatic heterocycles. The van der Waals surface area contributed by atoms with Crippen molar-refractivity contribution in [3.8, 4) is 11.7 Å². The Kier molecular flexibility index (Phi) is 5.09. The molecule has 0 atom stereocenters. The summed E-state index contributed by atoms with van der Waals surface area (Å²) in [5, 5.41) is 7.02. The average molecular weight is 363 g/mol. The van der Waals surface area contributed by atoms with Gasteiger partial charge < -0.3 is 10.1 Å². The lowest BCUT2D eigenvalue weighted by atomic mass is 10.2. The molecule has 7 heteroatoms. The minimum absolute atomic E-state index is 0.176. The lowest BCUT2D eigenvalue weighted by Gasteiger charge is -2.13. The van der Waals surface area contributed by atoms with Crippen LogP contribution in [0.5, 0.6) is 5.88 Å². The molecular formula is C20H21N5O2. The van der Waals surface area contributed by atoms with Crippen molar-refractivity contribution in [1.29, 1.82) is 0 Å². The Morgan fingerprint density at radius 1 is 1.19 bits per heavy atom. The predicted molar refractivity (Wildman–Crippen MR) is 99.7 cm³/mol. The van der Waals surface area contributed by atoms with Gasteiger partial charge in [-0.05, 0) is 55.5 Å². The number of carbonyl (C=O) groups is 1. The van der Waals surface area contributed by atoms with Gasteiger partial charge in [0.25, 0.3) is 5.91 Å². The molecule has 3 heterocycles. The normalized spacial score (nSPS) is 14.2. The van der Waals surface area contributed by atoms with Gasteiger partial charge >= 0.3 is 0 Å². The van der Waals surface area contributed by atoms with Crippen LogP contribution in [0.25, 0.3) is 5.82 Å². The van der Waals surface area contributed by atoms with E-state index in [1.807, 2.05) is 18.2 Å². The first-order valence-corrected chi connectivity index (χ1v) is 9.14. The number of amides is 1. The van der Waals surface area contributed by atoms with Gasteiger partial charge in [0.15, 0.2) is 5.82 Å². The molecule has 1 saturated carbocycles. The Labute approximate surface area is 157 Å². The lowest BCUT2D eigenvalue weighted by molar-refractivity contribution is 0.0950. The predicted octanol–water partition coefficient (Wildman–Crippen LogP) is 2.91. The Balaban J connectivity index is 1.34. The number of nitrogens with zero attached hydrogens (tertiary/aromatic N) is 4. The fraction of sp³-hybridized carbons (Fsp3) is 0.300. The maximum Gasteiger partial charge on any atom is 0.253 e. The van der Waals surface area contributed by atoms with Crippen molar-refractivity contribution in [1.82, 2.24) is 25.1 Å². The molecule has 1 fully saturated rings. The van der Waals surface area contributed by atoms with Gasteiger partial charge in [-0.3, -0.25) is 4.79 Å². The molecule has 3 aromatic heterocycles. The van der Waals surface area contributed by atoms with Gasteiger partial charge in [0, 0.05) is 37.4 Å². The molecule has 0 spiro atoms. The Bertz CT molecular complexity index is 887. The summed E-state index contributed by atoms with van der Waals surface area (Å²) in [6.45, 7) is 0.406. The maximum absolute atomic E-state index is 12.4. The van der Waals surface area contributed by atoms with E-state index in [4.69, 9.17) is 4.74 Å². The van der Waals surface area contributed by atoms with Crippen LogP contribution in [0.3, 0.4) is 0 Å². The summed E-state index contributed by atoms with van der Waals surface area (Å²) in [7, 11) is 0. The fourth-order valence-corrected chi connectivity index (χ4v) is 3.15. The Morgan fingerprint density at radius 3 is 2.81 bits per heavy atom. The van der Waals surface area contributed by atoms with Gasteiger partial charge in [-0.1, -0.05) is 0 Å². The van der Waals surface area contributed by atoms with Gasteiger partial charge in [0.1, 0.15) is 6.10 Å². The second kappa shape index (κ2) is 7.99. The van der Waals surface area contributed by atoms with Crippen LogP contribution in [0, 0.1) is 0 Å². The van der Waals surface area contributed by atoms with Crippen molar-refractivity contribution in [2.75, 3.05) is 0 Å². The third-order valence-electron chi connectivity index (χ3n) is 4.59. The van der Waals surface area contributed by atoms with E-state index in [2.05, 4.69) is 20.4 Å². The van der Waals surface area contributed by atoms with Crippen molar-refractivity contribution < 1.29 is 9.53 Å². The van der Waals surface area contributed by atoms with Crippen LogP contribution in [0.15, 0.2) is 55.1 Å². The number of pyridine rings is 2. The highest BCUT2D eigenvalue weighted by molar-refractivity contribution is 5.93. The van der Waals surface area contributed by atoms with Crippen molar-refractivity contribution in [2.24, 2.45) is 0 Å². The van der Waals surface area contributed by atoms with Gasteiger partial charge in [0.05, 0.1) is 5.56 Å². The summed E-state index contributed by atoms with van der Waals surface area (Å²) in [4.78, 5) is 20.9. The summed E-state index contributed by atoms with van der Waals surface area (Å²) in [6, 6.07) is 9.09. The zero-order chi connectivity index (χ0) is 18.5. The molecule has 3 aromatic rings. The summed E-state index contributed by atoms with van der Waals surface area (Å²) in [5.74, 6) is 1.11. The Hall–Kier alpha value is -3.22.